The number of anilines is 1. The van der Waals surface area contributed by atoms with Crippen molar-refractivity contribution in [1.29, 1.82) is 0 Å². The fourth-order valence-electron chi connectivity index (χ4n) is 2.48. The number of benzene rings is 1. The number of aromatic carboxylic acids is 1. The molecular formula is C14H17NO7S2. The fourth-order valence-corrected chi connectivity index (χ4v) is 4.96. The molecule has 24 heavy (non-hydrogen) atoms. The number of hydrogen-bond acceptors (Lipinski definition) is 6. The minimum atomic E-state index is -3.70. The van der Waals surface area contributed by atoms with Crippen molar-refractivity contribution in [2.45, 2.75) is 29.4 Å². The van der Waals surface area contributed by atoms with Gasteiger partial charge in [0.25, 0.3) is 0 Å². The van der Waals surface area contributed by atoms with Crippen LogP contribution in [-0.2, 0) is 24.5 Å². The van der Waals surface area contributed by atoms with Crippen LogP contribution in [0.5, 0.6) is 0 Å². The fraction of sp³-hybridized carbons (Fsp3) is 0.429. The molecule has 1 aromatic rings. The Balaban J connectivity index is 2.37. The molecule has 1 saturated heterocycles. The Bertz CT molecular complexity index is 888. The predicted octanol–water partition coefficient (Wildman–Crippen LogP) is 0.694. The standard InChI is InChI=1S/C14H17NO7S2/c1-23(19,20)11-7-9(14(17)18)6-10(8-11)15-13(16)12-4-2-3-5-24(12,21)22/h6-8,12H,2-5H2,1H3,(H,15,16)(H,17,18). The molecule has 2 N–H and O–H groups in total. The second-order valence-corrected chi connectivity index (χ2v) is 9.98. The number of amides is 1. The van der Waals surface area contributed by atoms with Crippen LogP contribution >= 0.6 is 0 Å². The summed E-state index contributed by atoms with van der Waals surface area (Å²) in [4.78, 5) is 23.1. The van der Waals surface area contributed by atoms with Crippen LogP contribution in [0, 0.1) is 0 Å². The summed E-state index contributed by atoms with van der Waals surface area (Å²) in [7, 11) is -7.25. The molecule has 1 aromatic carbocycles. The summed E-state index contributed by atoms with van der Waals surface area (Å²) in [5.41, 5.74) is -0.388. The molecule has 2 rings (SSSR count). The first-order valence-corrected chi connectivity index (χ1v) is 10.7. The predicted molar refractivity (Wildman–Crippen MR) is 86.6 cm³/mol. The Labute approximate surface area is 139 Å². The molecule has 0 aromatic heterocycles. The maximum Gasteiger partial charge on any atom is 0.335 e. The van der Waals surface area contributed by atoms with Crippen molar-refractivity contribution in [3.05, 3.63) is 23.8 Å². The van der Waals surface area contributed by atoms with Gasteiger partial charge in [-0.3, -0.25) is 4.79 Å². The second kappa shape index (κ2) is 6.52. The van der Waals surface area contributed by atoms with Crippen molar-refractivity contribution in [3.8, 4) is 0 Å². The average Bonchev–Trinajstić information content (AvgIpc) is 2.45. The molecule has 0 aliphatic carbocycles. The minimum absolute atomic E-state index is 0.0684. The van der Waals surface area contributed by atoms with Crippen LogP contribution in [-0.4, -0.2) is 51.1 Å². The molecule has 1 atom stereocenters. The number of sulfone groups is 2. The summed E-state index contributed by atoms with van der Waals surface area (Å²) in [6, 6.07) is 3.17. The van der Waals surface area contributed by atoms with Crippen LogP contribution in [0.2, 0.25) is 0 Å². The number of rotatable bonds is 4. The Morgan fingerprint density at radius 3 is 2.42 bits per heavy atom. The highest BCUT2D eigenvalue weighted by Crippen LogP contribution is 2.23. The second-order valence-electron chi connectivity index (χ2n) is 5.66. The Kier molecular flexibility index (Phi) is 5.00. The number of carbonyl (C=O) groups is 2. The summed E-state index contributed by atoms with van der Waals surface area (Å²) in [5, 5.41) is 10.2. The number of carboxylic acids is 1. The molecule has 1 unspecified atom stereocenters. The van der Waals surface area contributed by atoms with E-state index < -0.39 is 36.8 Å². The van der Waals surface area contributed by atoms with E-state index in [1.807, 2.05) is 0 Å². The lowest BCUT2D eigenvalue weighted by molar-refractivity contribution is -0.116. The van der Waals surface area contributed by atoms with Crippen LogP contribution in [0.4, 0.5) is 5.69 Å². The topological polar surface area (TPSA) is 135 Å². The van der Waals surface area contributed by atoms with Crippen molar-refractivity contribution >= 4 is 37.2 Å². The quantitative estimate of drug-likeness (QED) is 0.790. The zero-order valence-corrected chi connectivity index (χ0v) is 14.5. The summed E-state index contributed by atoms with van der Waals surface area (Å²) in [6.45, 7) is 0. The molecular weight excluding hydrogens is 358 g/mol. The van der Waals surface area contributed by atoms with Gasteiger partial charge in [0.15, 0.2) is 19.7 Å². The largest absolute Gasteiger partial charge is 0.478 e. The average molecular weight is 375 g/mol. The lowest BCUT2D eigenvalue weighted by Gasteiger charge is -2.21. The summed E-state index contributed by atoms with van der Waals surface area (Å²) in [6.07, 6.45) is 2.19. The molecule has 0 saturated carbocycles. The summed E-state index contributed by atoms with van der Waals surface area (Å²) >= 11 is 0. The molecule has 1 amide bonds. The van der Waals surface area contributed by atoms with Crippen molar-refractivity contribution in [2.75, 3.05) is 17.3 Å². The van der Waals surface area contributed by atoms with E-state index in [4.69, 9.17) is 5.11 Å². The number of nitrogens with one attached hydrogen (secondary N) is 1. The molecule has 1 aliphatic rings. The maximum absolute atomic E-state index is 12.2. The van der Waals surface area contributed by atoms with Gasteiger partial charge in [0.05, 0.1) is 16.2 Å². The van der Waals surface area contributed by atoms with Crippen molar-refractivity contribution in [1.82, 2.24) is 0 Å². The van der Waals surface area contributed by atoms with Crippen molar-refractivity contribution in [3.63, 3.8) is 0 Å². The van der Waals surface area contributed by atoms with Gasteiger partial charge in [-0.15, -0.1) is 0 Å². The van der Waals surface area contributed by atoms with Gasteiger partial charge in [0, 0.05) is 11.9 Å². The Morgan fingerprint density at radius 2 is 1.88 bits per heavy atom. The molecule has 0 radical (unpaired) electrons. The third-order valence-corrected chi connectivity index (χ3v) is 6.99. The van der Waals surface area contributed by atoms with E-state index in [1.165, 1.54) is 0 Å². The lowest BCUT2D eigenvalue weighted by Crippen LogP contribution is -2.39. The van der Waals surface area contributed by atoms with Gasteiger partial charge >= 0.3 is 5.97 Å². The molecule has 10 heteroatoms. The normalized spacial score (nSPS) is 20.3. The van der Waals surface area contributed by atoms with Gasteiger partial charge in [-0.1, -0.05) is 6.42 Å². The monoisotopic (exact) mass is 375 g/mol. The molecule has 1 heterocycles. The van der Waals surface area contributed by atoms with Gasteiger partial charge < -0.3 is 10.4 Å². The van der Waals surface area contributed by atoms with E-state index in [0.717, 1.165) is 24.5 Å². The van der Waals surface area contributed by atoms with E-state index >= 15 is 0 Å². The zero-order chi connectivity index (χ0) is 18.1. The van der Waals surface area contributed by atoms with Gasteiger partial charge in [-0.05, 0) is 31.0 Å². The third-order valence-electron chi connectivity index (χ3n) is 3.72. The number of hydrogen-bond donors (Lipinski definition) is 2. The van der Waals surface area contributed by atoms with E-state index in [9.17, 15) is 26.4 Å². The van der Waals surface area contributed by atoms with Gasteiger partial charge in [-0.2, -0.15) is 0 Å². The van der Waals surface area contributed by atoms with E-state index in [-0.39, 0.29) is 28.3 Å². The number of carbonyl (C=O) groups excluding carboxylic acids is 1. The van der Waals surface area contributed by atoms with E-state index in [1.54, 1.807) is 0 Å². The summed E-state index contributed by atoms with van der Waals surface area (Å²) in [5.74, 6) is -2.22. The molecule has 1 fully saturated rings. The molecule has 0 spiro atoms. The Morgan fingerprint density at radius 1 is 1.21 bits per heavy atom. The molecule has 0 bridgehead atoms. The summed E-state index contributed by atoms with van der Waals surface area (Å²) < 4.78 is 47.2. The number of carboxylic acid groups (broad SMARTS) is 1. The Hall–Kier alpha value is -1.94. The zero-order valence-electron chi connectivity index (χ0n) is 12.9. The van der Waals surface area contributed by atoms with Crippen LogP contribution in [0.25, 0.3) is 0 Å². The van der Waals surface area contributed by atoms with Gasteiger partial charge in [-0.25, -0.2) is 21.6 Å². The highest BCUT2D eigenvalue weighted by molar-refractivity contribution is 7.92. The highest BCUT2D eigenvalue weighted by Gasteiger charge is 2.35. The van der Waals surface area contributed by atoms with Crippen LogP contribution < -0.4 is 5.32 Å². The van der Waals surface area contributed by atoms with Gasteiger partial charge in [0.2, 0.25) is 5.91 Å². The van der Waals surface area contributed by atoms with Crippen LogP contribution in [0.15, 0.2) is 23.1 Å². The third kappa shape index (κ3) is 4.12. The SMILES string of the molecule is CS(=O)(=O)c1cc(NC(=O)C2CCCCS2(=O)=O)cc(C(=O)O)c1. The lowest BCUT2D eigenvalue weighted by atomic mass is 10.1. The maximum atomic E-state index is 12.2. The highest BCUT2D eigenvalue weighted by atomic mass is 32.2. The van der Waals surface area contributed by atoms with E-state index in [0.29, 0.717) is 12.8 Å². The molecule has 8 nitrogen and oxygen atoms in total. The van der Waals surface area contributed by atoms with Gasteiger partial charge in [0.1, 0.15) is 5.25 Å². The smallest absolute Gasteiger partial charge is 0.335 e. The van der Waals surface area contributed by atoms with Crippen molar-refractivity contribution < 1.29 is 31.5 Å². The molecule has 132 valence electrons. The first kappa shape index (κ1) is 18.4. The van der Waals surface area contributed by atoms with Crippen molar-refractivity contribution in [2.24, 2.45) is 0 Å². The molecule has 1 aliphatic heterocycles. The van der Waals surface area contributed by atoms with Crippen LogP contribution in [0.3, 0.4) is 0 Å². The minimum Gasteiger partial charge on any atom is -0.478 e. The first-order chi connectivity index (χ1) is 11.0. The van der Waals surface area contributed by atoms with Crippen LogP contribution in [0.1, 0.15) is 29.6 Å². The van der Waals surface area contributed by atoms with E-state index in [2.05, 4.69) is 5.32 Å². The first-order valence-electron chi connectivity index (χ1n) is 7.11.